The number of amides is 1. The molecule has 5 heterocycles. The van der Waals surface area contributed by atoms with Crippen molar-refractivity contribution >= 4 is 33.2 Å². The number of carbonyl (C=O) groups is 1. The molecule has 0 bridgehead atoms. The number of rotatable bonds is 3. The lowest BCUT2D eigenvalue weighted by atomic mass is 9.61. The minimum absolute atomic E-state index is 0.0152. The monoisotopic (exact) mass is 423 g/mol. The zero-order chi connectivity index (χ0) is 20.0. The number of hydrogen-bond donors (Lipinski definition) is 1. The second-order valence-corrected chi connectivity index (χ2v) is 11.1. The lowest BCUT2D eigenvalue weighted by Crippen LogP contribution is -2.64. The van der Waals surface area contributed by atoms with E-state index in [1.807, 2.05) is 0 Å². The minimum Gasteiger partial charge on any atom is -0.367 e. The van der Waals surface area contributed by atoms with Crippen molar-refractivity contribution < 1.29 is 4.79 Å². The van der Waals surface area contributed by atoms with Gasteiger partial charge < -0.3 is 15.1 Å². The van der Waals surface area contributed by atoms with Gasteiger partial charge in [0.25, 0.3) is 5.91 Å². The highest BCUT2D eigenvalue weighted by atomic mass is 32.1. The third kappa shape index (κ3) is 2.31. The summed E-state index contributed by atoms with van der Waals surface area (Å²) in [5.41, 5.74) is 2.34. The molecule has 158 valence electrons. The van der Waals surface area contributed by atoms with Crippen LogP contribution in [0.3, 0.4) is 0 Å². The Morgan fingerprint density at radius 3 is 2.90 bits per heavy atom. The van der Waals surface area contributed by atoms with Crippen molar-refractivity contribution in [2.45, 2.75) is 43.3 Å². The SMILES string of the molecule is CN1CCC2CN(c3ccc4c(C(=O)N[C@@H]5CN6CCC67CC[C@H]57)nsc4c3)[C@H]2C1. The van der Waals surface area contributed by atoms with Crippen LogP contribution < -0.4 is 10.2 Å². The van der Waals surface area contributed by atoms with Gasteiger partial charge in [-0.1, -0.05) is 0 Å². The molecular formula is C23H29N5OS. The predicted octanol–water partition coefficient (Wildman–Crippen LogP) is 2.40. The lowest BCUT2D eigenvalue weighted by molar-refractivity contribution is -0.0676. The summed E-state index contributed by atoms with van der Waals surface area (Å²) in [5.74, 6) is 1.51. The molecule has 5 fully saturated rings. The molecule has 7 heteroatoms. The lowest BCUT2D eigenvalue weighted by Gasteiger charge is -2.58. The fourth-order valence-electron chi connectivity index (χ4n) is 7.02. The molecule has 1 saturated carbocycles. The van der Waals surface area contributed by atoms with Gasteiger partial charge in [-0.3, -0.25) is 9.69 Å². The maximum absolute atomic E-state index is 13.1. The van der Waals surface area contributed by atoms with Gasteiger partial charge in [-0.05, 0) is 80.8 Å². The number of aromatic nitrogens is 1. The van der Waals surface area contributed by atoms with Crippen molar-refractivity contribution in [3.05, 3.63) is 23.9 Å². The Kier molecular flexibility index (Phi) is 3.69. The first kappa shape index (κ1) is 17.9. The van der Waals surface area contributed by atoms with Gasteiger partial charge in [0.05, 0.1) is 4.70 Å². The van der Waals surface area contributed by atoms with Crippen molar-refractivity contribution in [3.63, 3.8) is 0 Å². The second-order valence-electron chi connectivity index (χ2n) is 10.3. The number of likely N-dealkylation sites (tertiary alicyclic amines) is 1. The molecule has 2 unspecified atom stereocenters. The Morgan fingerprint density at radius 1 is 1.20 bits per heavy atom. The van der Waals surface area contributed by atoms with Gasteiger partial charge in [-0.25, -0.2) is 0 Å². The molecule has 1 aliphatic carbocycles. The minimum atomic E-state index is 0.0152. The van der Waals surface area contributed by atoms with E-state index in [0.29, 0.717) is 29.2 Å². The zero-order valence-corrected chi connectivity index (χ0v) is 18.3. The fourth-order valence-corrected chi connectivity index (χ4v) is 7.83. The quantitative estimate of drug-likeness (QED) is 0.822. The Hall–Kier alpha value is -1.70. The van der Waals surface area contributed by atoms with E-state index in [2.05, 4.69) is 49.6 Å². The Balaban J connectivity index is 1.10. The highest BCUT2D eigenvalue weighted by molar-refractivity contribution is 7.13. The van der Waals surface area contributed by atoms with E-state index in [4.69, 9.17) is 0 Å². The second kappa shape index (κ2) is 6.17. The van der Waals surface area contributed by atoms with E-state index in [-0.39, 0.29) is 5.91 Å². The van der Waals surface area contributed by atoms with Crippen LogP contribution in [0.4, 0.5) is 5.69 Å². The molecule has 6 nitrogen and oxygen atoms in total. The summed E-state index contributed by atoms with van der Waals surface area (Å²) in [4.78, 5) is 20.7. The molecular weight excluding hydrogens is 394 g/mol. The molecule has 5 atom stereocenters. The maximum Gasteiger partial charge on any atom is 0.271 e. The van der Waals surface area contributed by atoms with E-state index < -0.39 is 0 Å². The molecule has 30 heavy (non-hydrogen) atoms. The number of carbonyl (C=O) groups excluding carboxylic acids is 1. The number of nitrogens with zero attached hydrogens (tertiary/aromatic N) is 4. The van der Waals surface area contributed by atoms with Crippen LogP contribution in [0, 0.1) is 11.8 Å². The van der Waals surface area contributed by atoms with Crippen molar-refractivity contribution in [1.29, 1.82) is 0 Å². The summed E-state index contributed by atoms with van der Waals surface area (Å²) >= 11 is 1.47. The maximum atomic E-state index is 13.1. The van der Waals surface area contributed by atoms with E-state index >= 15 is 0 Å². The van der Waals surface area contributed by atoms with Crippen molar-refractivity contribution in [3.8, 4) is 0 Å². The van der Waals surface area contributed by atoms with E-state index in [1.165, 1.54) is 56.0 Å². The van der Waals surface area contributed by atoms with Gasteiger partial charge in [0.15, 0.2) is 0 Å². The summed E-state index contributed by atoms with van der Waals surface area (Å²) < 4.78 is 5.70. The highest BCUT2D eigenvalue weighted by Gasteiger charge is 2.63. The normalized spacial score (nSPS) is 37.6. The van der Waals surface area contributed by atoms with Crippen LogP contribution in [0.5, 0.6) is 0 Å². The predicted molar refractivity (Wildman–Crippen MR) is 119 cm³/mol. The molecule has 1 spiro atoms. The van der Waals surface area contributed by atoms with Crippen molar-refractivity contribution in [2.75, 3.05) is 44.7 Å². The van der Waals surface area contributed by atoms with Gasteiger partial charge in [-0.2, -0.15) is 4.37 Å². The van der Waals surface area contributed by atoms with Crippen LogP contribution >= 0.6 is 11.5 Å². The first-order valence-corrected chi connectivity index (χ1v) is 12.3. The van der Waals surface area contributed by atoms with Gasteiger partial charge in [0.1, 0.15) is 5.69 Å². The van der Waals surface area contributed by atoms with E-state index in [9.17, 15) is 4.79 Å². The molecule has 2 aromatic rings. The number of anilines is 1. The highest BCUT2D eigenvalue weighted by Crippen LogP contribution is 2.57. The summed E-state index contributed by atoms with van der Waals surface area (Å²) in [6.07, 6.45) is 5.21. The molecule has 1 N–H and O–H groups in total. The van der Waals surface area contributed by atoms with Gasteiger partial charge in [-0.15, -0.1) is 0 Å². The zero-order valence-electron chi connectivity index (χ0n) is 17.5. The number of nitrogens with one attached hydrogen (secondary N) is 1. The number of benzene rings is 1. The summed E-state index contributed by atoms with van der Waals surface area (Å²) in [6, 6.07) is 7.50. The van der Waals surface area contributed by atoms with Crippen LogP contribution in [0.1, 0.15) is 36.2 Å². The average molecular weight is 424 g/mol. The molecule has 4 aliphatic heterocycles. The first-order chi connectivity index (χ1) is 14.6. The van der Waals surface area contributed by atoms with E-state index in [0.717, 1.165) is 35.6 Å². The third-order valence-electron chi connectivity index (χ3n) is 9.00. The number of piperidine rings is 1. The van der Waals surface area contributed by atoms with E-state index in [1.54, 1.807) is 0 Å². The molecule has 1 aromatic carbocycles. The molecule has 7 rings (SSSR count). The molecule has 1 aromatic heterocycles. The van der Waals surface area contributed by atoms with Gasteiger partial charge in [0.2, 0.25) is 0 Å². The third-order valence-corrected chi connectivity index (χ3v) is 9.81. The number of hydrogen-bond acceptors (Lipinski definition) is 6. The summed E-state index contributed by atoms with van der Waals surface area (Å²) in [6.45, 7) is 5.77. The Labute approximate surface area is 181 Å². The fraction of sp³-hybridized carbons (Fsp3) is 0.652. The molecule has 0 radical (unpaired) electrons. The summed E-state index contributed by atoms with van der Waals surface area (Å²) in [7, 11) is 2.22. The number of fused-ring (bicyclic) bond motifs is 2. The van der Waals surface area contributed by atoms with Gasteiger partial charge >= 0.3 is 0 Å². The topological polar surface area (TPSA) is 51.7 Å². The Bertz CT molecular complexity index is 1030. The standard InChI is InChI=1S/C23H29N5OS/c1-26-8-5-14-11-28(19(14)13-26)15-2-3-16-20(10-15)30-25-21(16)22(29)24-18-12-27-9-7-23(27)6-4-17(18)23/h2-3,10,14,17-19H,4-9,11-13H2,1H3,(H,24,29)/t14?,17-,18-,19+,23?/m1/s1. The van der Waals surface area contributed by atoms with Crippen LogP contribution in [0.25, 0.3) is 10.1 Å². The molecule has 1 amide bonds. The first-order valence-electron chi connectivity index (χ1n) is 11.5. The average Bonchev–Trinajstić information content (AvgIpc) is 3.15. The largest absolute Gasteiger partial charge is 0.367 e. The van der Waals surface area contributed by atoms with Crippen LogP contribution in [-0.2, 0) is 0 Å². The van der Waals surface area contributed by atoms with Gasteiger partial charge in [0, 0.05) is 54.9 Å². The van der Waals surface area contributed by atoms with Crippen molar-refractivity contribution in [1.82, 2.24) is 19.5 Å². The van der Waals surface area contributed by atoms with Crippen LogP contribution in [-0.4, -0.2) is 77.5 Å². The van der Waals surface area contributed by atoms with Crippen molar-refractivity contribution in [2.24, 2.45) is 11.8 Å². The molecule has 4 saturated heterocycles. The molecule has 5 aliphatic rings. The number of likely N-dealkylation sites (N-methyl/N-ethyl adjacent to an activating group) is 1. The van der Waals surface area contributed by atoms with Crippen LogP contribution in [0.15, 0.2) is 18.2 Å². The smallest absolute Gasteiger partial charge is 0.271 e. The summed E-state index contributed by atoms with van der Waals surface area (Å²) in [5, 5.41) is 4.35. The van der Waals surface area contributed by atoms with Crippen LogP contribution in [0.2, 0.25) is 0 Å². The Morgan fingerprint density at radius 2 is 2.13 bits per heavy atom.